The van der Waals surface area contributed by atoms with Crippen molar-refractivity contribution in [3.63, 3.8) is 0 Å². The number of hydrogen-bond acceptors (Lipinski definition) is 6. The van der Waals surface area contributed by atoms with Crippen molar-refractivity contribution in [1.29, 1.82) is 0 Å². The number of methoxy groups -OCH3 is 1. The minimum absolute atomic E-state index is 0.209. The maximum Gasteiger partial charge on any atom is 0.270 e. The summed E-state index contributed by atoms with van der Waals surface area (Å²) < 4.78 is 5.29. The Morgan fingerprint density at radius 3 is 2.79 bits per heavy atom. The maximum absolute atomic E-state index is 12.1. The fourth-order valence-electron chi connectivity index (χ4n) is 2.12. The van der Waals surface area contributed by atoms with E-state index in [0.717, 1.165) is 18.7 Å². The van der Waals surface area contributed by atoms with Crippen LogP contribution in [0.2, 0.25) is 0 Å². The summed E-state index contributed by atoms with van der Waals surface area (Å²) in [7, 11) is 5.61. The van der Waals surface area contributed by atoms with Crippen LogP contribution in [0.3, 0.4) is 0 Å². The van der Waals surface area contributed by atoms with Gasteiger partial charge in [0, 0.05) is 12.6 Å². The van der Waals surface area contributed by atoms with E-state index < -0.39 is 0 Å². The number of nitrogens with zero attached hydrogens (tertiary/aromatic N) is 3. The van der Waals surface area contributed by atoms with E-state index in [1.165, 1.54) is 6.33 Å². The first kappa shape index (κ1) is 17.7. The third kappa shape index (κ3) is 5.20. The molecule has 1 amide bonds. The number of anilines is 2. The van der Waals surface area contributed by atoms with Gasteiger partial charge in [0.05, 0.1) is 12.8 Å². The molecule has 0 spiro atoms. The first-order chi connectivity index (χ1) is 11.6. The van der Waals surface area contributed by atoms with Gasteiger partial charge >= 0.3 is 0 Å². The van der Waals surface area contributed by atoms with E-state index in [9.17, 15) is 4.79 Å². The van der Waals surface area contributed by atoms with E-state index in [4.69, 9.17) is 4.74 Å². The molecule has 0 saturated heterocycles. The molecule has 7 nitrogen and oxygen atoms in total. The Labute approximate surface area is 142 Å². The quantitative estimate of drug-likeness (QED) is 0.720. The molecule has 0 radical (unpaired) electrons. The zero-order chi connectivity index (χ0) is 17.4. The second-order valence-corrected chi connectivity index (χ2v) is 5.53. The van der Waals surface area contributed by atoms with Crippen molar-refractivity contribution in [3.8, 4) is 5.75 Å². The molecule has 128 valence electrons. The van der Waals surface area contributed by atoms with Crippen LogP contribution >= 0.6 is 0 Å². The summed E-state index contributed by atoms with van der Waals surface area (Å²) in [5.74, 6) is 1.03. The lowest BCUT2D eigenvalue weighted by Crippen LogP contribution is -2.27. The molecule has 0 aliphatic rings. The molecular weight excluding hydrogens is 306 g/mol. The molecule has 2 rings (SSSR count). The van der Waals surface area contributed by atoms with E-state index >= 15 is 0 Å². The van der Waals surface area contributed by atoms with E-state index in [-0.39, 0.29) is 5.91 Å². The number of ether oxygens (including phenoxy) is 1. The predicted molar refractivity (Wildman–Crippen MR) is 93.8 cm³/mol. The van der Waals surface area contributed by atoms with Crippen molar-refractivity contribution in [2.75, 3.05) is 39.6 Å². The van der Waals surface area contributed by atoms with Gasteiger partial charge in [0.1, 0.15) is 23.6 Å². The molecule has 7 heteroatoms. The molecule has 0 atom stereocenters. The van der Waals surface area contributed by atoms with Crippen LogP contribution in [0.4, 0.5) is 11.5 Å². The standard InChI is InChI=1S/C17H23N5O2/c1-22(2)10-6-9-18-17(23)14-11-16(20-12-19-14)21-13-7-4-5-8-15(13)24-3/h4-5,7-8,11-12H,6,9-10H2,1-3H3,(H,18,23)(H,19,20,21). The number of aromatic nitrogens is 2. The van der Waals surface area contributed by atoms with E-state index in [1.807, 2.05) is 38.4 Å². The summed E-state index contributed by atoms with van der Waals surface area (Å²) in [4.78, 5) is 22.4. The smallest absolute Gasteiger partial charge is 0.270 e. The Balaban J connectivity index is 1.99. The summed E-state index contributed by atoms with van der Waals surface area (Å²) in [5.41, 5.74) is 1.10. The lowest BCUT2D eigenvalue weighted by Gasteiger charge is -2.11. The third-order valence-corrected chi connectivity index (χ3v) is 3.34. The minimum Gasteiger partial charge on any atom is -0.495 e. The second-order valence-electron chi connectivity index (χ2n) is 5.53. The summed E-state index contributed by atoms with van der Waals surface area (Å²) >= 11 is 0. The fourth-order valence-corrected chi connectivity index (χ4v) is 2.12. The number of carbonyl (C=O) groups is 1. The number of nitrogens with one attached hydrogen (secondary N) is 2. The molecule has 2 N–H and O–H groups in total. The van der Waals surface area contributed by atoms with Gasteiger partial charge < -0.3 is 20.3 Å². The number of hydrogen-bond donors (Lipinski definition) is 2. The predicted octanol–water partition coefficient (Wildman–Crippen LogP) is 1.91. The number of rotatable bonds is 8. The average Bonchev–Trinajstić information content (AvgIpc) is 2.59. The fraction of sp³-hybridized carbons (Fsp3) is 0.353. The van der Waals surface area contributed by atoms with Gasteiger partial charge in [-0.05, 0) is 39.2 Å². The summed E-state index contributed by atoms with van der Waals surface area (Å²) in [6.07, 6.45) is 2.25. The molecule has 1 aromatic heterocycles. The second kappa shape index (κ2) is 8.83. The Bertz CT molecular complexity index is 676. The van der Waals surface area contributed by atoms with Crippen LogP contribution in [0.1, 0.15) is 16.9 Å². The number of amides is 1. The van der Waals surface area contributed by atoms with Crippen LogP contribution in [0.25, 0.3) is 0 Å². The lowest BCUT2D eigenvalue weighted by molar-refractivity contribution is 0.0947. The Morgan fingerprint density at radius 1 is 1.25 bits per heavy atom. The van der Waals surface area contributed by atoms with Gasteiger partial charge in [0.2, 0.25) is 0 Å². The third-order valence-electron chi connectivity index (χ3n) is 3.34. The van der Waals surface area contributed by atoms with Gasteiger partial charge in [-0.2, -0.15) is 0 Å². The van der Waals surface area contributed by atoms with Crippen molar-refractivity contribution < 1.29 is 9.53 Å². The molecule has 2 aromatic rings. The summed E-state index contributed by atoms with van der Waals surface area (Å²) in [6.45, 7) is 1.53. The highest BCUT2D eigenvalue weighted by Crippen LogP contribution is 2.25. The van der Waals surface area contributed by atoms with Crippen molar-refractivity contribution >= 4 is 17.4 Å². The molecule has 24 heavy (non-hydrogen) atoms. The molecule has 0 fully saturated rings. The minimum atomic E-state index is -0.209. The highest BCUT2D eigenvalue weighted by molar-refractivity contribution is 5.93. The van der Waals surface area contributed by atoms with Gasteiger partial charge in [-0.25, -0.2) is 9.97 Å². The van der Waals surface area contributed by atoms with Gasteiger partial charge in [0.15, 0.2) is 0 Å². The molecule has 0 unspecified atom stereocenters. The molecular formula is C17H23N5O2. The van der Waals surface area contributed by atoms with Crippen molar-refractivity contribution in [3.05, 3.63) is 42.4 Å². The van der Waals surface area contributed by atoms with Crippen LogP contribution in [-0.2, 0) is 0 Å². The molecule has 1 aromatic carbocycles. The number of carbonyl (C=O) groups excluding carboxylic acids is 1. The zero-order valence-corrected chi connectivity index (χ0v) is 14.2. The van der Waals surface area contributed by atoms with Crippen LogP contribution in [0, 0.1) is 0 Å². The van der Waals surface area contributed by atoms with Gasteiger partial charge in [-0.3, -0.25) is 4.79 Å². The van der Waals surface area contributed by atoms with Gasteiger partial charge in [0.25, 0.3) is 5.91 Å². The van der Waals surface area contributed by atoms with Crippen molar-refractivity contribution in [2.45, 2.75) is 6.42 Å². The first-order valence-corrected chi connectivity index (χ1v) is 7.75. The summed E-state index contributed by atoms with van der Waals surface area (Å²) in [5, 5.41) is 6.00. The van der Waals surface area contributed by atoms with Crippen LogP contribution in [-0.4, -0.2) is 55.1 Å². The van der Waals surface area contributed by atoms with Gasteiger partial charge in [-0.1, -0.05) is 12.1 Å². The Morgan fingerprint density at radius 2 is 2.04 bits per heavy atom. The topological polar surface area (TPSA) is 79.4 Å². The Kier molecular flexibility index (Phi) is 6.51. The molecule has 1 heterocycles. The number of para-hydroxylation sites is 2. The van der Waals surface area contributed by atoms with E-state index in [2.05, 4.69) is 25.5 Å². The van der Waals surface area contributed by atoms with Crippen molar-refractivity contribution in [1.82, 2.24) is 20.2 Å². The molecule has 0 bridgehead atoms. The summed E-state index contributed by atoms with van der Waals surface area (Å²) in [6, 6.07) is 9.12. The number of benzene rings is 1. The molecule has 0 aliphatic carbocycles. The lowest BCUT2D eigenvalue weighted by atomic mass is 10.3. The molecule has 0 saturated carbocycles. The first-order valence-electron chi connectivity index (χ1n) is 7.75. The highest BCUT2D eigenvalue weighted by Gasteiger charge is 2.09. The largest absolute Gasteiger partial charge is 0.495 e. The van der Waals surface area contributed by atoms with E-state index in [1.54, 1.807) is 13.2 Å². The van der Waals surface area contributed by atoms with Crippen molar-refractivity contribution in [2.24, 2.45) is 0 Å². The van der Waals surface area contributed by atoms with Crippen LogP contribution in [0.15, 0.2) is 36.7 Å². The SMILES string of the molecule is COc1ccccc1Nc1cc(C(=O)NCCCN(C)C)ncn1. The average molecular weight is 329 g/mol. The van der Waals surface area contributed by atoms with Crippen LogP contribution < -0.4 is 15.4 Å². The molecule has 0 aliphatic heterocycles. The Hall–Kier alpha value is -2.67. The van der Waals surface area contributed by atoms with E-state index in [0.29, 0.717) is 23.8 Å². The monoisotopic (exact) mass is 329 g/mol. The van der Waals surface area contributed by atoms with Gasteiger partial charge in [-0.15, -0.1) is 0 Å². The zero-order valence-electron chi connectivity index (χ0n) is 14.2. The normalized spacial score (nSPS) is 10.5. The van der Waals surface area contributed by atoms with Crippen LogP contribution in [0.5, 0.6) is 5.75 Å². The highest BCUT2D eigenvalue weighted by atomic mass is 16.5. The maximum atomic E-state index is 12.1.